The van der Waals surface area contributed by atoms with Crippen LogP contribution >= 0.6 is 11.6 Å². The molecule has 23 heavy (non-hydrogen) atoms. The lowest BCUT2D eigenvalue weighted by Crippen LogP contribution is -2.31. The minimum Gasteiger partial charge on any atom is -0.497 e. The number of benzene rings is 1. The molecule has 0 radical (unpaired) electrons. The van der Waals surface area contributed by atoms with Crippen molar-refractivity contribution >= 4 is 29.0 Å². The van der Waals surface area contributed by atoms with E-state index in [0.717, 1.165) is 4.90 Å². The van der Waals surface area contributed by atoms with Gasteiger partial charge in [0.25, 0.3) is 11.8 Å². The van der Waals surface area contributed by atoms with Crippen LogP contribution in [0.5, 0.6) is 5.75 Å². The van der Waals surface area contributed by atoms with E-state index in [-0.39, 0.29) is 17.2 Å². The Morgan fingerprint density at radius 1 is 1.09 bits per heavy atom. The Hall–Kier alpha value is -2.66. The lowest BCUT2D eigenvalue weighted by molar-refractivity contribution is -0.137. The molecule has 0 atom stereocenters. The van der Waals surface area contributed by atoms with Gasteiger partial charge in [0.15, 0.2) is 0 Å². The van der Waals surface area contributed by atoms with E-state index in [2.05, 4.69) is 4.98 Å². The van der Waals surface area contributed by atoms with Gasteiger partial charge >= 0.3 is 0 Å². The van der Waals surface area contributed by atoms with Crippen molar-refractivity contribution in [1.82, 2.24) is 9.88 Å². The van der Waals surface area contributed by atoms with E-state index < -0.39 is 11.8 Å². The van der Waals surface area contributed by atoms with Gasteiger partial charge in [0.2, 0.25) is 0 Å². The molecule has 2 amide bonds. The number of pyridine rings is 1. The molecular weight excluding hydrogens is 316 g/mol. The van der Waals surface area contributed by atoms with E-state index in [1.165, 1.54) is 0 Å². The highest BCUT2D eigenvalue weighted by Gasteiger charge is 2.38. The molecule has 6 heteroatoms. The van der Waals surface area contributed by atoms with Gasteiger partial charge in [0.05, 0.1) is 24.9 Å². The molecule has 116 valence electrons. The van der Waals surface area contributed by atoms with Crippen molar-refractivity contribution in [2.24, 2.45) is 0 Å². The molecule has 1 aromatic carbocycles. The molecule has 1 aliphatic heterocycles. The van der Waals surface area contributed by atoms with Crippen LogP contribution in [0, 0.1) is 0 Å². The number of ether oxygens (including phenoxy) is 1. The predicted molar refractivity (Wildman–Crippen MR) is 85.6 cm³/mol. The SMILES string of the molecule is COc1ccc(C2=C(Cl)C(=O)N(Cc3ccccn3)C2=O)cc1. The average Bonchev–Trinajstić information content (AvgIpc) is 2.80. The molecule has 0 spiro atoms. The third kappa shape index (κ3) is 2.83. The summed E-state index contributed by atoms with van der Waals surface area (Å²) in [6.45, 7) is 0.0916. The van der Waals surface area contributed by atoms with Gasteiger partial charge in [0.1, 0.15) is 10.8 Å². The summed E-state index contributed by atoms with van der Waals surface area (Å²) in [5, 5.41) is -0.0731. The third-order valence-corrected chi connectivity index (χ3v) is 3.89. The van der Waals surface area contributed by atoms with E-state index in [1.54, 1.807) is 55.8 Å². The van der Waals surface area contributed by atoms with E-state index in [0.29, 0.717) is 17.0 Å². The minimum atomic E-state index is -0.506. The number of hydrogen-bond donors (Lipinski definition) is 0. The van der Waals surface area contributed by atoms with E-state index in [1.807, 2.05) is 0 Å². The Labute approximate surface area is 138 Å². The van der Waals surface area contributed by atoms with Crippen LogP contribution in [-0.4, -0.2) is 28.8 Å². The van der Waals surface area contributed by atoms with E-state index in [9.17, 15) is 9.59 Å². The lowest BCUT2D eigenvalue weighted by Gasteiger charge is -2.14. The highest BCUT2D eigenvalue weighted by molar-refractivity contribution is 6.55. The van der Waals surface area contributed by atoms with Crippen LogP contribution in [0.4, 0.5) is 0 Å². The Morgan fingerprint density at radius 2 is 1.83 bits per heavy atom. The summed E-state index contributed by atoms with van der Waals surface area (Å²) in [7, 11) is 1.56. The smallest absolute Gasteiger partial charge is 0.273 e. The third-order valence-electron chi connectivity index (χ3n) is 3.54. The fraction of sp³-hybridized carbons (Fsp3) is 0.118. The minimum absolute atomic E-state index is 0.0731. The number of aromatic nitrogens is 1. The molecule has 0 fully saturated rings. The summed E-state index contributed by atoms with van der Waals surface area (Å²) >= 11 is 6.11. The summed E-state index contributed by atoms with van der Waals surface area (Å²) in [6.07, 6.45) is 1.61. The molecule has 0 bridgehead atoms. The monoisotopic (exact) mass is 328 g/mol. The number of hydrogen-bond acceptors (Lipinski definition) is 4. The van der Waals surface area contributed by atoms with Crippen LogP contribution in [0.3, 0.4) is 0 Å². The first-order valence-electron chi connectivity index (χ1n) is 6.92. The second kappa shape index (κ2) is 6.22. The van der Waals surface area contributed by atoms with Crippen molar-refractivity contribution in [3.63, 3.8) is 0 Å². The summed E-state index contributed by atoms with van der Waals surface area (Å²) in [6, 6.07) is 12.1. The summed E-state index contributed by atoms with van der Waals surface area (Å²) in [5.74, 6) is -0.267. The van der Waals surface area contributed by atoms with Crippen LogP contribution in [0.25, 0.3) is 5.57 Å². The maximum absolute atomic E-state index is 12.6. The maximum Gasteiger partial charge on any atom is 0.273 e. The van der Waals surface area contributed by atoms with Gasteiger partial charge in [-0.3, -0.25) is 19.5 Å². The second-order valence-electron chi connectivity index (χ2n) is 4.94. The predicted octanol–water partition coefficient (Wildman–Crippen LogP) is 2.61. The van der Waals surface area contributed by atoms with E-state index >= 15 is 0 Å². The van der Waals surface area contributed by atoms with E-state index in [4.69, 9.17) is 16.3 Å². The second-order valence-corrected chi connectivity index (χ2v) is 5.31. The molecule has 5 nitrogen and oxygen atoms in total. The summed E-state index contributed by atoms with van der Waals surface area (Å²) < 4.78 is 5.09. The summed E-state index contributed by atoms with van der Waals surface area (Å²) in [4.78, 5) is 30.1. The Morgan fingerprint density at radius 3 is 2.43 bits per heavy atom. The van der Waals surface area contributed by atoms with Crippen molar-refractivity contribution in [1.29, 1.82) is 0 Å². The van der Waals surface area contributed by atoms with Crippen molar-refractivity contribution in [3.05, 3.63) is 65.0 Å². The van der Waals surface area contributed by atoms with Crippen molar-refractivity contribution in [3.8, 4) is 5.75 Å². The molecule has 1 aliphatic rings. The number of amides is 2. The van der Waals surface area contributed by atoms with Gasteiger partial charge in [-0.25, -0.2) is 0 Å². The first-order valence-corrected chi connectivity index (χ1v) is 7.30. The molecule has 3 rings (SSSR count). The first-order chi connectivity index (χ1) is 11.1. The molecule has 0 unspecified atom stereocenters. The van der Waals surface area contributed by atoms with Gasteiger partial charge in [-0.1, -0.05) is 29.8 Å². The van der Waals surface area contributed by atoms with Gasteiger partial charge in [-0.2, -0.15) is 0 Å². The quantitative estimate of drug-likeness (QED) is 0.809. The Kier molecular flexibility index (Phi) is 4.12. The molecule has 2 heterocycles. The number of nitrogens with zero attached hydrogens (tertiary/aromatic N) is 2. The normalized spacial score (nSPS) is 14.6. The molecule has 0 aliphatic carbocycles. The molecule has 0 saturated carbocycles. The number of rotatable bonds is 4. The number of carbonyl (C=O) groups is 2. The largest absolute Gasteiger partial charge is 0.497 e. The fourth-order valence-corrected chi connectivity index (χ4v) is 2.64. The zero-order valence-electron chi connectivity index (χ0n) is 12.3. The van der Waals surface area contributed by atoms with Crippen LogP contribution in [0.15, 0.2) is 53.7 Å². The number of halogens is 1. The zero-order valence-corrected chi connectivity index (χ0v) is 13.1. The molecule has 1 aromatic heterocycles. The van der Waals surface area contributed by atoms with Gasteiger partial charge in [0, 0.05) is 6.20 Å². The van der Waals surface area contributed by atoms with Gasteiger partial charge < -0.3 is 4.74 Å². The lowest BCUT2D eigenvalue weighted by atomic mass is 10.1. The first kappa shape index (κ1) is 15.2. The van der Waals surface area contributed by atoms with Gasteiger partial charge in [-0.05, 0) is 29.8 Å². The molecule has 2 aromatic rings. The maximum atomic E-state index is 12.6. The van der Waals surface area contributed by atoms with Crippen molar-refractivity contribution < 1.29 is 14.3 Å². The molecule has 0 saturated heterocycles. The highest BCUT2D eigenvalue weighted by atomic mass is 35.5. The van der Waals surface area contributed by atoms with Crippen LogP contribution in [0.1, 0.15) is 11.3 Å². The molecule has 0 N–H and O–H groups in total. The average molecular weight is 329 g/mol. The van der Waals surface area contributed by atoms with Crippen molar-refractivity contribution in [2.75, 3.05) is 7.11 Å². The Bertz CT molecular complexity index is 785. The summed E-state index contributed by atoms with van der Waals surface area (Å²) in [5.41, 5.74) is 1.41. The van der Waals surface area contributed by atoms with Crippen LogP contribution in [0.2, 0.25) is 0 Å². The zero-order chi connectivity index (χ0) is 16.4. The van der Waals surface area contributed by atoms with Crippen LogP contribution < -0.4 is 4.74 Å². The number of carbonyl (C=O) groups excluding carboxylic acids is 2. The number of imide groups is 1. The topological polar surface area (TPSA) is 59.5 Å². The van der Waals surface area contributed by atoms with Crippen molar-refractivity contribution in [2.45, 2.75) is 6.54 Å². The standard InChI is InChI=1S/C17H13ClN2O3/c1-23-13-7-5-11(6-8-13)14-15(18)17(22)20(16(14)21)10-12-4-2-3-9-19-12/h2-9H,10H2,1H3. The molecular formula is C17H13ClN2O3. The Balaban J connectivity index is 1.89. The number of methoxy groups -OCH3 is 1. The fourth-order valence-electron chi connectivity index (χ4n) is 2.35. The highest BCUT2D eigenvalue weighted by Crippen LogP contribution is 2.33. The van der Waals surface area contributed by atoms with Crippen LogP contribution in [-0.2, 0) is 16.1 Å². The van der Waals surface area contributed by atoms with Gasteiger partial charge in [-0.15, -0.1) is 0 Å².